The van der Waals surface area contributed by atoms with Gasteiger partial charge in [-0.1, -0.05) is 5.92 Å². The van der Waals surface area contributed by atoms with Gasteiger partial charge >= 0.3 is 12.0 Å². The molecule has 0 saturated carbocycles. The lowest BCUT2D eigenvalue weighted by molar-refractivity contribution is -0.137. The van der Waals surface area contributed by atoms with Crippen molar-refractivity contribution < 1.29 is 14.7 Å². The first kappa shape index (κ1) is 14.3. The quantitative estimate of drug-likeness (QED) is 0.621. The number of urea groups is 1. The zero-order chi connectivity index (χ0) is 13.5. The highest BCUT2D eigenvalue weighted by molar-refractivity contribution is 5.80. The topological polar surface area (TPSA) is 76.1 Å². The fraction of sp³-hybridized carbons (Fsp3) is 0.636. The second kappa shape index (κ2) is 6.83. The number of terminal acetylenes is 1. The van der Waals surface area contributed by atoms with Crippen LogP contribution in [0.3, 0.4) is 0 Å². The van der Waals surface area contributed by atoms with E-state index in [-0.39, 0.29) is 6.54 Å². The molecular formula is C11H18N4O3. The Bertz CT molecular complexity index is 345. The number of carboxylic acid groups (broad SMARTS) is 1. The van der Waals surface area contributed by atoms with Gasteiger partial charge < -0.3 is 14.9 Å². The predicted molar refractivity (Wildman–Crippen MR) is 65.6 cm³/mol. The van der Waals surface area contributed by atoms with E-state index in [4.69, 9.17) is 11.5 Å². The van der Waals surface area contributed by atoms with Crippen molar-refractivity contribution in [3.05, 3.63) is 0 Å². The van der Waals surface area contributed by atoms with Gasteiger partial charge in [-0.05, 0) is 7.05 Å². The number of rotatable bonds is 4. The molecule has 1 heterocycles. The summed E-state index contributed by atoms with van der Waals surface area (Å²) in [6.07, 6.45) is 5.11. The van der Waals surface area contributed by atoms with Crippen molar-refractivity contribution in [2.24, 2.45) is 0 Å². The van der Waals surface area contributed by atoms with Gasteiger partial charge in [0.25, 0.3) is 0 Å². The number of nitrogens with one attached hydrogen (secondary N) is 1. The Morgan fingerprint density at radius 3 is 2.50 bits per heavy atom. The molecule has 1 aliphatic rings. The van der Waals surface area contributed by atoms with Crippen LogP contribution in [0, 0.1) is 12.3 Å². The van der Waals surface area contributed by atoms with Crippen LogP contribution in [0.25, 0.3) is 0 Å². The Labute approximate surface area is 106 Å². The third-order valence-electron chi connectivity index (χ3n) is 2.65. The zero-order valence-corrected chi connectivity index (χ0v) is 10.4. The van der Waals surface area contributed by atoms with Crippen LogP contribution < -0.4 is 5.43 Å². The predicted octanol–water partition coefficient (Wildman–Crippen LogP) is -1.12. The molecule has 1 saturated heterocycles. The Morgan fingerprint density at radius 1 is 1.39 bits per heavy atom. The number of nitrogens with zero attached hydrogens (tertiary/aromatic N) is 3. The van der Waals surface area contributed by atoms with Crippen LogP contribution in [0.4, 0.5) is 4.79 Å². The number of hydrogen-bond acceptors (Lipinski definition) is 4. The first-order valence-corrected chi connectivity index (χ1v) is 5.67. The molecule has 1 fully saturated rings. The zero-order valence-electron chi connectivity index (χ0n) is 10.4. The molecule has 0 unspecified atom stereocenters. The van der Waals surface area contributed by atoms with E-state index in [0.29, 0.717) is 13.1 Å². The number of likely N-dealkylation sites (N-methyl/N-ethyl adjacent to an activating group) is 1. The first-order valence-electron chi connectivity index (χ1n) is 5.67. The minimum atomic E-state index is -1.08. The third kappa shape index (κ3) is 4.61. The molecule has 0 aromatic carbocycles. The van der Waals surface area contributed by atoms with Crippen molar-refractivity contribution >= 4 is 12.0 Å². The van der Waals surface area contributed by atoms with Crippen LogP contribution in [0.5, 0.6) is 0 Å². The summed E-state index contributed by atoms with van der Waals surface area (Å²) in [6, 6.07) is -0.472. The molecule has 7 heteroatoms. The van der Waals surface area contributed by atoms with Crippen molar-refractivity contribution in [3.63, 3.8) is 0 Å². The van der Waals surface area contributed by atoms with E-state index in [1.165, 1.54) is 0 Å². The summed E-state index contributed by atoms with van der Waals surface area (Å²) in [5.74, 6) is 1.19. The van der Waals surface area contributed by atoms with Crippen LogP contribution >= 0.6 is 0 Å². The maximum absolute atomic E-state index is 11.8. The molecule has 2 amide bonds. The summed E-state index contributed by atoms with van der Waals surface area (Å²) in [7, 11) is 2.01. The molecule has 0 spiro atoms. The van der Waals surface area contributed by atoms with E-state index >= 15 is 0 Å². The molecule has 7 nitrogen and oxygen atoms in total. The fourth-order valence-corrected chi connectivity index (χ4v) is 1.60. The van der Waals surface area contributed by atoms with E-state index in [1.54, 1.807) is 5.01 Å². The molecule has 1 rings (SSSR count). The van der Waals surface area contributed by atoms with E-state index in [0.717, 1.165) is 18.0 Å². The molecule has 1 aliphatic heterocycles. The van der Waals surface area contributed by atoms with Crippen LogP contribution in [0.15, 0.2) is 0 Å². The average molecular weight is 254 g/mol. The Kier molecular flexibility index (Phi) is 5.42. The van der Waals surface area contributed by atoms with Crippen LogP contribution in [-0.2, 0) is 4.79 Å². The summed E-state index contributed by atoms with van der Waals surface area (Å²) < 4.78 is 0. The van der Waals surface area contributed by atoms with Crippen molar-refractivity contribution in [1.29, 1.82) is 0 Å². The summed E-state index contributed by atoms with van der Waals surface area (Å²) >= 11 is 0. The molecule has 0 aromatic rings. The smallest absolute Gasteiger partial charge is 0.333 e. The van der Waals surface area contributed by atoms with Gasteiger partial charge in [-0.15, -0.1) is 6.42 Å². The highest BCUT2D eigenvalue weighted by atomic mass is 16.4. The number of piperazine rings is 1. The number of carbonyl (C=O) groups excluding carboxylic acids is 1. The first-order chi connectivity index (χ1) is 8.52. The number of carboxylic acids is 1. The highest BCUT2D eigenvalue weighted by Gasteiger charge is 2.20. The second-order valence-corrected chi connectivity index (χ2v) is 4.16. The van der Waals surface area contributed by atoms with Crippen molar-refractivity contribution in [3.8, 4) is 12.3 Å². The lowest BCUT2D eigenvalue weighted by atomic mass is 10.4. The van der Waals surface area contributed by atoms with Crippen LogP contribution in [0.1, 0.15) is 0 Å². The van der Waals surface area contributed by atoms with Gasteiger partial charge in [-0.3, -0.25) is 10.2 Å². The van der Waals surface area contributed by atoms with Gasteiger partial charge in [0, 0.05) is 26.2 Å². The van der Waals surface area contributed by atoms with E-state index in [1.807, 2.05) is 7.05 Å². The largest absolute Gasteiger partial charge is 0.480 e. The normalized spacial score (nSPS) is 16.9. The summed E-state index contributed by atoms with van der Waals surface area (Å²) in [5.41, 5.74) is 2.66. The molecule has 18 heavy (non-hydrogen) atoms. The summed E-state index contributed by atoms with van der Waals surface area (Å²) in [6.45, 7) is 2.71. The minimum Gasteiger partial charge on any atom is -0.480 e. The van der Waals surface area contributed by atoms with E-state index in [9.17, 15) is 9.59 Å². The summed E-state index contributed by atoms with van der Waals surface area (Å²) in [5, 5.41) is 10.5. The fourth-order valence-electron chi connectivity index (χ4n) is 1.60. The van der Waals surface area contributed by atoms with E-state index in [2.05, 4.69) is 16.2 Å². The maximum Gasteiger partial charge on any atom is 0.333 e. The summed E-state index contributed by atoms with van der Waals surface area (Å²) in [4.78, 5) is 25.7. The second-order valence-electron chi connectivity index (χ2n) is 4.16. The van der Waals surface area contributed by atoms with Crippen LogP contribution in [0.2, 0.25) is 0 Å². The van der Waals surface area contributed by atoms with Crippen molar-refractivity contribution in [2.45, 2.75) is 0 Å². The molecule has 0 radical (unpaired) electrons. The maximum atomic E-state index is 11.8. The number of aliphatic carboxylic acids is 1. The van der Waals surface area contributed by atoms with Crippen molar-refractivity contribution in [1.82, 2.24) is 20.2 Å². The number of hydrazine groups is 1. The lowest BCUT2D eigenvalue weighted by Crippen LogP contribution is -2.56. The molecule has 2 N–H and O–H groups in total. The van der Waals surface area contributed by atoms with Gasteiger partial charge in [0.1, 0.15) is 6.54 Å². The SMILES string of the molecule is C#CCN(CC(=O)O)C(=O)NN1CCN(C)CC1. The van der Waals surface area contributed by atoms with Gasteiger partial charge in [0.05, 0.1) is 6.54 Å². The average Bonchev–Trinajstić information content (AvgIpc) is 2.31. The molecule has 0 atom stereocenters. The minimum absolute atomic E-state index is 0.0219. The van der Waals surface area contributed by atoms with Gasteiger partial charge in [-0.25, -0.2) is 9.80 Å². The molecule has 0 aromatic heterocycles. The van der Waals surface area contributed by atoms with Gasteiger partial charge in [-0.2, -0.15) is 0 Å². The standard InChI is InChI=1S/C11H18N4O3/c1-3-4-14(9-10(16)17)11(18)12-15-7-5-13(2)6-8-15/h1H,4-9H2,2H3,(H,12,18)(H,16,17). The Balaban J connectivity index is 2.46. The van der Waals surface area contributed by atoms with Gasteiger partial charge in [0.15, 0.2) is 0 Å². The molecule has 0 aliphatic carbocycles. The molecule has 0 bridgehead atoms. The molecular weight excluding hydrogens is 236 g/mol. The van der Waals surface area contributed by atoms with Crippen molar-refractivity contribution in [2.75, 3.05) is 46.3 Å². The third-order valence-corrected chi connectivity index (χ3v) is 2.65. The monoisotopic (exact) mass is 254 g/mol. The Hall–Kier alpha value is -1.78. The Morgan fingerprint density at radius 2 is 2.00 bits per heavy atom. The van der Waals surface area contributed by atoms with Crippen LogP contribution in [-0.4, -0.2) is 78.2 Å². The number of hydrogen-bond donors (Lipinski definition) is 2. The number of amides is 2. The molecule has 100 valence electrons. The van der Waals surface area contributed by atoms with Gasteiger partial charge in [0.2, 0.25) is 0 Å². The van der Waals surface area contributed by atoms with E-state index < -0.39 is 18.5 Å². The number of carbonyl (C=O) groups is 2. The lowest BCUT2D eigenvalue weighted by Gasteiger charge is -2.33. The highest BCUT2D eigenvalue weighted by Crippen LogP contribution is 1.97.